The molecule has 1 fully saturated rings. The standard InChI is InChI=1S/C25H30ClFN2O2S/c1-18(25(31)28-22-8-3-2-4-9-22)29(15-20-7-5-6-10-23(20)27)24(30)17-32-16-19-11-13-21(26)14-12-19/h5-7,10-14,18,22H,2-4,8-9,15-17H2,1H3,(H,28,31)/t18-/m1/s1. The van der Waals surface area contributed by atoms with Crippen molar-refractivity contribution in [3.05, 3.63) is 70.5 Å². The average molecular weight is 477 g/mol. The quantitative estimate of drug-likeness (QED) is 0.514. The van der Waals surface area contributed by atoms with Crippen LogP contribution in [0, 0.1) is 5.82 Å². The lowest BCUT2D eigenvalue weighted by Gasteiger charge is -2.31. The van der Waals surface area contributed by atoms with Crippen molar-refractivity contribution in [1.29, 1.82) is 0 Å². The van der Waals surface area contributed by atoms with Crippen LogP contribution in [0.15, 0.2) is 48.5 Å². The van der Waals surface area contributed by atoms with Crippen LogP contribution in [0.3, 0.4) is 0 Å². The molecule has 0 bridgehead atoms. The highest BCUT2D eigenvalue weighted by Crippen LogP contribution is 2.20. The van der Waals surface area contributed by atoms with Gasteiger partial charge >= 0.3 is 0 Å². The molecule has 7 heteroatoms. The van der Waals surface area contributed by atoms with E-state index in [1.807, 2.05) is 24.3 Å². The van der Waals surface area contributed by atoms with Gasteiger partial charge in [0.1, 0.15) is 11.9 Å². The van der Waals surface area contributed by atoms with E-state index in [1.165, 1.54) is 29.1 Å². The minimum atomic E-state index is -0.680. The molecule has 172 valence electrons. The molecule has 3 rings (SSSR count). The number of hydrogen-bond donors (Lipinski definition) is 1. The highest BCUT2D eigenvalue weighted by molar-refractivity contribution is 7.99. The topological polar surface area (TPSA) is 49.4 Å². The Morgan fingerprint density at radius 2 is 1.81 bits per heavy atom. The van der Waals surface area contributed by atoms with Gasteiger partial charge < -0.3 is 10.2 Å². The Balaban J connectivity index is 1.65. The van der Waals surface area contributed by atoms with Gasteiger partial charge in [0, 0.05) is 28.9 Å². The molecular weight excluding hydrogens is 447 g/mol. The van der Waals surface area contributed by atoms with Gasteiger partial charge in [0.2, 0.25) is 11.8 Å². The first-order chi connectivity index (χ1) is 15.4. The number of carbonyl (C=O) groups excluding carboxylic acids is 2. The Hall–Kier alpha value is -2.05. The number of carbonyl (C=O) groups is 2. The monoisotopic (exact) mass is 476 g/mol. The first-order valence-electron chi connectivity index (χ1n) is 11.1. The summed E-state index contributed by atoms with van der Waals surface area (Å²) in [6, 6.07) is 13.4. The van der Waals surface area contributed by atoms with Crippen LogP contribution in [0.4, 0.5) is 4.39 Å². The van der Waals surface area contributed by atoms with Crippen LogP contribution in [-0.2, 0) is 21.9 Å². The van der Waals surface area contributed by atoms with Crippen molar-refractivity contribution in [2.75, 3.05) is 5.75 Å². The number of hydrogen-bond acceptors (Lipinski definition) is 3. The summed E-state index contributed by atoms with van der Waals surface area (Å²) in [4.78, 5) is 27.6. The Labute approximate surface area is 198 Å². The van der Waals surface area contributed by atoms with Crippen molar-refractivity contribution in [2.24, 2.45) is 0 Å². The summed E-state index contributed by atoms with van der Waals surface area (Å²) in [6.07, 6.45) is 5.36. The van der Waals surface area contributed by atoms with E-state index < -0.39 is 6.04 Å². The van der Waals surface area contributed by atoms with Crippen molar-refractivity contribution in [3.8, 4) is 0 Å². The number of nitrogens with zero attached hydrogens (tertiary/aromatic N) is 1. The lowest BCUT2D eigenvalue weighted by molar-refractivity contribution is -0.139. The van der Waals surface area contributed by atoms with Gasteiger partial charge in [-0.3, -0.25) is 9.59 Å². The molecule has 0 radical (unpaired) electrons. The van der Waals surface area contributed by atoms with Gasteiger partial charge in [-0.2, -0.15) is 0 Å². The van der Waals surface area contributed by atoms with E-state index in [0.29, 0.717) is 16.3 Å². The van der Waals surface area contributed by atoms with Gasteiger partial charge in [0.15, 0.2) is 0 Å². The molecule has 1 atom stereocenters. The van der Waals surface area contributed by atoms with Crippen molar-refractivity contribution < 1.29 is 14.0 Å². The third kappa shape index (κ3) is 7.24. The minimum Gasteiger partial charge on any atom is -0.352 e. The molecule has 0 unspecified atom stereocenters. The van der Waals surface area contributed by atoms with E-state index in [4.69, 9.17) is 11.6 Å². The van der Waals surface area contributed by atoms with Crippen molar-refractivity contribution in [1.82, 2.24) is 10.2 Å². The molecule has 32 heavy (non-hydrogen) atoms. The van der Waals surface area contributed by atoms with E-state index in [-0.39, 0.29) is 36.0 Å². The summed E-state index contributed by atoms with van der Waals surface area (Å²) in [7, 11) is 0. The lowest BCUT2D eigenvalue weighted by Crippen LogP contribution is -2.51. The van der Waals surface area contributed by atoms with Crippen LogP contribution in [0.1, 0.15) is 50.2 Å². The fraction of sp³-hybridized carbons (Fsp3) is 0.440. The van der Waals surface area contributed by atoms with Gasteiger partial charge in [-0.15, -0.1) is 11.8 Å². The van der Waals surface area contributed by atoms with Crippen LogP contribution < -0.4 is 5.32 Å². The van der Waals surface area contributed by atoms with E-state index in [9.17, 15) is 14.0 Å². The number of benzene rings is 2. The molecule has 0 saturated heterocycles. The summed E-state index contributed by atoms with van der Waals surface area (Å²) in [6.45, 7) is 1.78. The van der Waals surface area contributed by atoms with Gasteiger partial charge in [-0.1, -0.05) is 61.2 Å². The first kappa shape index (κ1) is 24.6. The van der Waals surface area contributed by atoms with Crippen LogP contribution in [-0.4, -0.2) is 34.6 Å². The van der Waals surface area contributed by atoms with E-state index in [0.717, 1.165) is 31.2 Å². The fourth-order valence-corrected chi connectivity index (χ4v) is 4.88. The second-order valence-electron chi connectivity index (χ2n) is 8.25. The Morgan fingerprint density at radius 3 is 2.50 bits per heavy atom. The molecule has 4 nitrogen and oxygen atoms in total. The molecule has 1 N–H and O–H groups in total. The summed E-state index contributed by atoms with van der Waals surface area (Å²) in [5.74, 6) is 0.124. The molecule has 2 aromatic rings. The Bertz CT molecular complexity index is 903. The fourth-order valence-electron chi connectivity index (χ4n) is 3.88. The number of nitrogens with one attached hydrogen (secondary N) is 1. The maximum Gasteiger partial charge on any atom is 0.242 e. The molecule has 0 aromatic heterocycles. The van der Waals surface area contributed by atoms with E-state index >= 15 is 0 Å². The Kier molecular flexibility index (Phi) is 9.42. The molecule has 2 aromatic carbocycles. The zero-order valence-electron chi connectivity index (χ0n) is 18.4. The van der Waals surface area contributed by atoms with Gasteiger partial charge in [0.05, 0.1) is 5.75 Å². The summed E-state index contributed by atoms with van der Waals surface area (Å²) in [5.41, 5.74) is 1.47. The molecule has 1 aliphatic carbocycles. The molecule has 2 amide bonds. The maximum atomic E-state index is 14.3. The average Bonchev–Trinajstić information content (AvgIpc) is 2.80. The number of rotatable bonds is 9. The molecule has 0 heterocycles. The SMILES string of the molecule is C[C@H](C(=O)NC1CCCCC1)N(Cc1ccccc1F)C(=O)CSCc1ccc(Cl)cc1. The Morgan fingerprint density at radius 1 is 1.12 bits per heavy atom. The van der Waals surface area contributed by atoms with Crippen LogP contribution in [0.5, 0.6) is 0 Å². The molecule has 0 aliphatic heterocycles. The third-order valence-corrected chi connectivity index (χ3v) is 7.07. The third-order valence-electron chi connectivity index (χ3n) is 5.82. The first-order valence-corrected chi connectivity index (χ1v) is 12.6. The zero-order valence-corrected chi connectivity index (χ0v) is 19.9. The highest BCUT2D eigenvalue weighted by atomic mass is 35.5. The van der Waals surface area contributed by atoms with Crippen molar-refractivity contribution in [2.45, 2.75) is 63.4 Å². The van der Waals surface area contributed by atoms with Crippen molar-refractivity contribution >= 4 is 35.2 Å². The zero-order chi connectivity index (χ0) is 22.9. The largest absolute Gasteiger partial charge is 0.352 e. The summed E-state index contributed by atoms with van der Waals surface area (Å²) in [5, 5.41) is 3.77. The molecule has 1 aliphatic rings. The van der Waals surface area contributed by atoms with Crippen LogP contribution in [0.25, 0.3) is 0 Å². The second kappa shape index (κ2) is 12.3. The van der Waals surface area contributed by atoms with Crippen molar-refractivity contribution in [3.63, 3.8) is 0 Å². The normalized spacial score (nSPS) is 15.2. The number of thioether (sulfide) groups is 1. The number of halogens is 2. The van der Waals surface area contributed by atoms with Gasteiger partial charge in [-0.25, -0.2) is 4.39 Å². The van der Waals surface area contributed by atoms with E-state index in [2.05, 4.69) is 5.32 Å². The minimum absolute atomic E-state index is 0.0618. The van der Waals surface area contributed by atoms with Gasteiger partial charge in [0.25, 0.3) is 0 Å². The molecular formula is C25H30ClFN2O2S. The highest BCUT2D eigenvalue weighted by Gasteiger charge is 2.28. The van der Waals surface area contributed by atoms with Gasteiger partial charge in [-0.05, 0) is 43.5 Å². The van der Waals surface area contributed by atoms with E-state index in [1.54, 1.807) is 25.1 Å². The summed E-state index contributed by atoms with van der Waals surface area (Å²) < 4.78 is 14.3. The smallest absolute Gasteiger partial charge is 0.242 e. The lowest BCUT2D eigenvalue weighted by atomic mass is 9.95. The number of amides is 2. The predicted octanol–water partition coefficient (Wildman–Crippen LogP) is 5.58. The predicted molar refractivity (Wildman–Crippen MR) is 129 cm³/mol. The summed E-state index contributed by atoms with van der Waals surface area (Å²) >= 11 is 7.39. The molecule has 0 spiro atoms. The molecule has 1 saturated carbocycles. The maximum absolute atomic E-state index is 14.3. The van der Waals surface area contributed by atoms with Crippen LogP contribution in [0.2, 0.25) is 5.02 Å². The van der Waals surface area contributed by atoms with Crippen LogP contribution >= 0.6 is 23.4 Å². The second-order valence-corrected chi connectivity index (χ2v) is 9.67.